The van der Waals surface area contributed by atoms with Crippen molar-refractivity contribution in [1.82, 2.24) is 15.0 Å². The van der Waals surface area contributed by atoms with Crippen LogP contribution in [0.15, 0.2) is 199 Å². The summed E-state index contributed by atoms with van der Waals surface area (Å²) in [6, 6.07) is 69.6. The highest BCUT2D eigenvalue weighted by atomic mass is 32.1. The molecule has 4 nitrogen and oxygen atoms in total. The minimum atomic E-state index is 0.0425. The summed E-state index contributed by atoms with van der Waals surface area (Å²) in [7, 11) is 0. The van der Waals surface area contributed by atoms with Crippen molar-refractivity contribution in [3.63, 3.8) is 0 Å². The molecule has 9 aromatic carbocycles. The number of rotatable bonds is 5. The number of benzene rings is 9. The minimum Gasteiger partial charge on any atom is -0.456 e. The van der Waals surface area contributed by atoms with Crippen LogP contribution in [0.5, 0.6) is 0 Å². The topological polar surface area (TPSA) is 51.8 Å². The highest BCUT2D eigenvalue weighted by molar-refractivity contribution is 7.26. The van der Waals surface area contributed by atoms with Gasteiger partial charge in [0.15, 0.2) is 17.5 Å². The van der Waals surface area contributed by atoms with E-state index in [2.05, 4.69) is 188 Å². The van der Waals surface area contributed by atoms with E-state index in [1.54, 1.807) is 11.3 Å². The molecular weight excluding hydrogens is 787 g/mol. The van der Waals surface area contributed by atoms with Gasteiger partial charge in [-0.1, -0.05) is 152 Å². The van der Waals surface area contributed by atoms with Gasteiger partial charge in [0.05, 0.1) is 0 Å². The van der Waals surface area contributed by atoms with Gasteiger partial charge in [0.2, 0.25) is 0 Å². The van der Waals surface area contributed by atoms with E-state index in [0.29, 0.717) is 17.5 Å². The van der Waals surface area contributed by atoms with Gasteiger partial charge in [-0.15, -0.1) is 11.3 Å². The Kier molecular flexibility index (Phi) is 8.25. The van der Waals surface area contributed by atoms with Gasteiger partial charge in [-0.2, -0.15) is 0 Å². The Balaban J connectivity index is 1.08. The van der Waals surface area contributed by atoms with Crippen LogP contribution >= 0.6 is 11.3 Å². The van der Waals surface area contributed by atoms with E-state index >= 15 is 0 Å². The van der Waals surface area contributed by atoms with Crippen LogP contribution in [0.3, 0.4) is 0 Å². The van der Waals surface area contributed by atoms with Gasteiger partial charge in [0, 0.05) is 53.6 Å². The normalized spacial score (nSPS) is 13.7. The van der Waals surface area contributed by atoms with Crippen LogP contribution in [0.1, 0.15) is 29.0 Å². The van der Waals surface area contributed by atoms with Crippen molar-refractivity contribution in [3.8, 4) is 56.4 Å². The summed E-state index contributed by atoms with van der Waals surface area (Å²) in [4.78, 5) is 16.3. The maximum Gasteiger partial charge on any atom is 0.165 e. The van der Waals surface area contributed by atoms with E-state index in [4.69, 9.17) is 19.4 Å². The molecule has 0 radical (unpaired) electrons. The van der Waals surface area contributed by atoms with E-state index in [1.807, 2.05) is 6.07 Å². The molecule has 5 heteroatoms. The highest BCUT2D eigenvalue weighted by Gasteiger charge is 2.29. The molecule has 0 amide bonds. The predicted octanol–water partition coefficient (Wildman–Crippen LogP) is 15.7. The number of aryl methyl sites for hydroxylation is 1. The molecule has 1 unspecified atom stereocenters. The molecule has 0 saturated heterocycles. The van der Waals surface area contributed by atoms with Crippen LogP contribution in [0.25, 0.3) is 109 Å². The third-order valence-electron chi connectivity index (χ3n) is 13.0. The summed E-state index contributed by atoms with van der Waals surface area (Å²) in [5.74, 6) is 1.94. The summed E-state index contributed by atoms with van der Waals surface area (Å²) in [5.41, 5.74) is 13.2. The first-order valence-corrected chi connectivity index (χ1v) is 22.4. The van der Waals surface area contributed by atoms with Crippen LogP contribution < -0.4 is 0 Å². The van der Waals surface area contributed by atoms with Gasteiger partial charge in [-0.3, -0.25) is 0 Å². The van der Waals surface area contributed by atoms with Gasteiger partial charge >= 0.3 is 0 Å². The zero-order chi connectivity index (χ0) is 41.4. The lowest BCUT2D eigenvalue weighted by molar-refractivity contribution is 0.668. The minimum absolute atomic E-state index is 0.0425. The number of hydrogen-bond donors (Lipinski definition) is 0. The first-order chi connectivity index (χ1) is 31.2. The Morgan fingerprint density at radius 3 is 1.98 bits per heavy atom. The fourth-order valence-electron chi connectivity index (χ4n) is 9.98. The molecule has 1 aliphatic carbocycles. The molecular formula is C58H37N3OS. The van der Waals surface area contributed by atoms with Crippen molar-refractivity contribution in [1.29, 1.82) is 0 Å². The molecule has 0 saturated carbocycles. The largest absolute Gasteiger partial charge is 0.456 e. The maximum absolute atomic E-state index is 6.66. The van der Waals surface area contributed by atoms with Crippen molar-refractivity contribution >= 4 is 64.2 Å². The van der Waals surface area contributed by atoms with E-state index in [-0.39, 0.29) is 5.92 Å². The number of nitrogens with zero attached hydrogens (tertiary/aromatic N) is 3. The molecule has 3 aromatic heterocycles. The lowest BCUT2D eigenvalue weighted by Gasteiger charge is -2.22. The summed E-state index contributed by atoms with van der Waals surface area (Å²) in [6.45, 7) is 0. The molecule has 1 aliphatic rings. The van der Waals surface area contributed by atoms with Crippen molar-refractivity contribution in [2.75, 3.05) is 0 Å². The standard InChI is InChI=1S/C58H37N3OS/c1-2-14-35(15-3-1)36-18-12-19-40(31-36)56-59-57(47-25-13-24-46-45-23-9-11-27-54(45)63-55(46)47)61-58(60-56)51-34-53-50(44-22-8-10-26-52(44)62-53)33-49(51)43-29-28-39-30-37-16-4-5-17-38(37)32-48(39)42-21-7-6-20-41(42)43/h1-27,30-34,43H,28-29H2. The second-order valence-electron chi connectivity index (χ2n) is 16.6. The van der Waals surface area contributed by atoms with E-state index in [0.717, 1.165) is 67.3 Å². The van der Waals surface area contributed by atoms with Gasteiger partial charge in [-0.05, 0) is 105 Å². The zero-order valence-corrected chi connectivity index (χ0v) is 34.9. The number of hydrogen-bond acceptors (Lipinski definition) is 5. The van der Waals surface area contributed by atoms with Crippen LogP contribution in [0.4, 0.5) is 0 Å². The third-order valence-corrected chi connectivity index (χ3v) is 14.2. The summed E-state index contributed by atoms with van der Waals surface area (Å²) in [6.07, 6.45) is 1.85. The molecule has 0 bridgehead atoms. The number of aromatic nitrogens is 3. The Bertz CT molecular complexity index is 3770. The first-order valence-electron chi connectivity index (χ1n) is 21.6. The molecule has 296 valence electrons. The van der Waals surface area contributed by atoms with E-state index in [9.17, 15) is 0 Å². The average molecular weight is 824 g/mol. The lowest BCUT2D eigenvalue weighted by atomic mass is 9.82. The fraction of sp³-hybridized carbons (Fsp3) is 0.0517. The summed E-state index contributed by atoms with van der Waals surface area (Å²) >= 11 is 1.79. The molecule has 0 N–H and O–H groups in total. The molecule has 0 spiro atoms. The number of fused-ring (bicyclic) bond motifs is 10. The molecule has 63 heavy (non-hydrogen) atoms. The average Bonchev–Trinajstić information content (AvgIpc) is 3.87. The molecule has 12 aromatic rings. The van der Waals surface area contributed by atoms with Crippen LogP contribution in [0.2, 0.25) is 0 Å². The van der Waals surface area contributed by atoms with E-state index in [1.165, 1.54) is 54.1 Å². The van der Waals surface area contributed by atoms with Crippen LogP contribution in [-0.2, 0) is 6.42 Å². The SMILES string of the molecule is c1ccc(-c2cccc(-c3nc(-c4cc5oc6ccccc6c5cc4C4CCc5cc6ccccc6cc5-c5ccccc54)nc(-c4cccc5c4sc4ccccc45)n3)c2)cc1. The summed E-state index contributed by atoms with van der Waals surface area (Å²) < 4.78 is 9.06. The Morgan fingerprint density at radius 2 is 1.08 bits per heavy atom. The fourth-order valence-corrected chi connectivity index (χ4v) is 11.2. The second kappa shape index (κ2) is 14.4. The van der Waals surface area contributed by atoms with Gasteiger partial charge in [-0.25, -0.2) is 15.0 Å². The number of para-hydroxylation sites is 1. The van der Waals surface area contributed by atoms with Crippen molar-refractivity contribution < 1.29 is 4.42 Å². The highest BCUT2D eigenvalue weighted by Crippen LogP contribution is 2.47. The van der Waals surface area contributed by atoms with Gasteiger partial charge < -0.3 is 4.42 Å². The Morgan fingerprint density at radius 1 is 0.413 bits per heavy atom. The molecule has 3 heterocycles. The third kappa shape index (κ3) is 5.99. The molecule has 0 fully saturated rings. The Labute approximate surface area is 367 Å². The van der Waals surface area contributed by atoms with E-state index < -0.39 is 0 Å². The maximum atomic E-state index is 6.66. The molecule has 13 rings (SSSR count). The predicted molar refractivity (Wildman–Crippen MR) is 261 cm³/mol. The van der Waals surface area contributed by atoms with Crippen molar-refractivity contribution in [2.24, 2.45) is 0 Å². The first kappa shape index (κ1) is 36.0. The lowest BCUT2D eigenvalue weighted by Crippen LogP contribution is -2.07. The summed E-state index contributed by atoms with van der Waals surface area (Å²) in [5, 5.41) is 7.16. The van der Waals surface area contributed by atoms with Crippen LogP contribution in [-0.4, -0.2) is 15.0 Å². The van der Waals surface area contributed by atoms with Crippen molar-refractivity contribution in [3.05, 3.63) is 211 Å². The smallest absolute Gasteiger partial charge is 0.165 e. The van der Waals surface area contributed by atoms with Crippen molar-refractivity contribution in [2.45, 2.75) is 18.8 Å². The number of thiophene rings is 1. The Hall–Kier alpha value is -7.73. The molecule has 1 atom stereocenters. The van der Waals surface area contributed by atoms with Crippen LogP contribution in [0, 0.1) is 0 Å². The zero-order valence-electron chi connectivity index (χ0n) is 34.1. The molecule has 0 aliphatic heterocycles. The quantitative estimate of drug-likeness (QED) is 0.173. The van der Waals surface area contributed by atoms with Gasteiger partial charge in [0.25, 0.3) is 0 Å². The number of furan rings is 1. The van der Waals surface area contributed by atoms with Gasteiger partial charge in [0.1, 0.15) is 11.2 Å². The second-order valence-corrected chi connectivity index (χ2v) is 17.7. The monoisotopic (exact) mass is 823 g/mol.